The Kier molecular flexibility index (Phi) is 7.88. The molecule has 1 aliphatic rings. The quantitative estimate of drug-likeness (QED) is 0.548. The molecule has 1 saturated heterocycles. The normalized spacial score (nSPS) is 15.5. The summed E-state index contributed by atoms with van der Waals surface area (Å²) < 4.78 is 30.2. The van der Waals surface area contributed by atoms with Crippen LogP contribution in [0.5, 0.6) is 17.2 Å². The highest BCUT2D eigenvalue weighted by atomic mass is 35.5. The molecule has 1 fully saturated rings. The molecule has 1 atom stereocenters. The number of nitrogens with zero attached hydrogens (tertiary/aromatic N) is 2. The van der Waals surface area contributed by atoms with E-state index in [1.54, 1.807) is 41.3 Å². The van der Waals surface area contributed by atoms with Gasteiger partial charge in [-0.2, -0.15) is 5.26 Å². The van der Waals surface area contributed by atoms with Crippen molar-refractivity contribution in [2.24, 2.45) is 0 Å². The Morgan fingerprint density at radius 2 is 1.82 bits per heavy atom. The average molecular weight is 491 g/mol. The zero-order valence-corrected chi connectivity index (χ0v) is 20.7. The lowest BCUT2D eigenvalue weighted by Crippen LogP contribution is -2.43. The van der Waals surface area contributed by atoms with Gasteiger partial charge in [-0.3, -0.25) is 4.21 Å². The van der Waals surface area contributed by atoms with Crippen LogP contribution in [0, 0.1) is 11.3 Å². The molecular weight excluding hydrogens is 464 g/mol. The molecule has 9 heteroatoms. The first-order valence-electron chi connectivity index (χ1n) is 10.5. The van der Waals surface area contributed by atoms with Crippen molar-refractivity contribution in [3.63, 3.8) is 0 Å². The van der Waals surface area contributed by atoms with Gasteiger partial charge in [0.25, 0.3) is 0 Å². The Balaban J connectivity index is 1.78. The van der Waals surface area contributed by atoms with Gasteiger partial charge in [0.1, 0.15) is 22.8 Å². The molecule has 2 aromatic carbocycles. The zero-order valence-electron chi connectivity index (χ0n) is 19.1. The van der Waals surface area contributed by atoms with Crippen LogP contribution in [0.4, 0.5) is 4.79 Å². The molecule has 0 saturated carbocycles. The van der Waals surface area contributed by atoms with E-state index >= 15 is 0 Å². The molecule has 0 spiro atoms. The second-order valence-electron chi connectivity index (χ2n) is 8.67. The lowest BCUT2D eigenvalue weighted by atomic mass is 10.1. The number of ether oxygens (including phenoxy) is 3. The summed E-state index contributed by atoms with van der Waals surface area (Å²) in [5.74, 6) is 1.34. The van der Waals surface area contributed by atoms with Crippen LogP contribution in [-0.2, 0) is 15.5 Å². The molecular formula is C24H27ClN2O5S. The third-order valence-corrected chi connectivity index (χ3v) is 7.04. The van der Waals surface area contributed by atoms with Gasteiger partial charge < -0.3 is 19.1 Å². The number of piperidine rings is 1. The third-order valence-electron chi connectivity index (χ3n) is 4.99. The predicted molar refractivity (Wildman–Crippen MR) is 126 cm³/mol. The van der Waals surface area contributed by atoms with Gasteiger partial charge in [-0.1, -0.05) is 11.6 Å². The van der Waals surface area contributed by atoms with Crippen molar-refractivity contribution in [1.82, 2.24) is 4.90 Å². The summed E-state index contributed by atoms with van der Waals surface area (Å²) in [6, 6.07) is 11.9. The van der Waals surface area contributed by atoms with Crippen molar-refractivity contribution >= 4 is 28.5 Å². The predicted octanol–water partition coefficient (Wildman–Crippen LogP) is 5.52. The zero-order chi connectivity index (χ0) is 24.2. The van der Waals surface area contributed by atoms with Crippen LogP contribution in [0.25, 0.3) is 0 Å². The molecule has 7 nitrogen and oxygen atoms in total. The van der Waals surface area contributed by atoms with Gasteiger partial charge in [-0.25, -0.2) is 4.79 Å². The van der Waals surface area contributed by atoms with Crippen LogP contribution >= 0.6 is 11.6 Å². The van der Waals surface area contributed by atoms with E-state index in [1.165, 1.54) is 7.11 Å². The van der Waals surface area contributed by atoms with Crippen molar-refractivity contribution in [3.05, 3.63) is 47.0 Å². The van der Waals surface area contributed by atoms with Crippen LogP contribution in [0.1, 0.15) is 39.2 Å². The summed E-state index contributed by atoms with van der Waals surface area (Å²) in [6.07, 6.45) is 0.734. The molecule has 176 valence electrons. The number of hydrogen-bond donors (Lipinski definition) is 0. The van der Waals surface area contributed by atoms with Gasteiger partial charge in [0, 0.05) is 29.4 Å². The molecule has 1 unspecified atom stereocenters. The highest BCUT2D eigenvalue weighted by molar-refractivity contribution is 7.85. The SMILES string of the molecule is COc1cc(Cl)cc(Oc2ccc(C#N)cc2S(=O)C2CCN(C(=O)OC(C)(C)C)CC2)c1. The number of carbonyl (C=O) groups excluding carboxylic acids is 1. The highest BCUT2D eigenvalue weighted by Crippen LogP contribution is 2.35. The van der Waals surface area contributed by atoms with Gasteiger partial charge in [-0.05, 0) is 63.9 Å². The molecule has 3 rings (SSSR count). The van der Waals surface area contributed by atoms with Crippen LogP contribution in [0.3, 0.4) is 0 Å². The smallest absolute Gasteiger partial charge is 0.410 e. The van der Waals surface area contributed by atoms with Crippen LogP contribution in [-0.4, -0.2) is 46.3 Å². The largest absolute Gasteiger partial charge is 0.497 e. The Morgan fingerprint density at radius 1 is 1.15 bits per heavy atom. The van der Waals surface area contributed by atoms with Crippen molar-refractivity contribution in [3.8, 4) is 23.3 Å². The third kappa shape index (κ3) is 6.62. The van der Waals surface area contributed by atoms with E-state index in [9.17, 15) is 14.3 Å². The van der Waals surface area contributed by atoms with E-state index in [1.807, 2.05) is 20.8 Å². The number of benzene rings is 2. The Hall–Kier alpha value is -2.76. The van der Waals surface area contributed by atoms with Crippen LogP contribution in [0.2, 0.25) is 5.02 Å². The van der Waals surface area contributed by atoms with Gasteiger partial charge in [0.05, 0.1) is 34.4 Å². The number of hydrogen-bond acceptors (Lipinski definition) is 6. The van der Waals surface area contributed by atoms with Crippen molar-refractivity contribution < 1.29 is 23.2 Å². The summed E-state index contributed by atoms with van der Waals surface area (Å²) in [4.78, 5) is 14.4. The van der Waals surface area contributed by atoms with Crippen LogP contribution < -0.4 is 9.47 Å². The van der Waals surface area contributed by atoms with Crippen LogP contribution in [0.15, 0.2) is 41.3 Å². The molecule has 33 heavy (non-hydrogen) atoms. The molecule has 0 radical (unpaired) electrons. The fourth-order valence-electron chi connectivity index (χ4n) is 3.42. The van der Waals surface area contributed by atoms with Crippen molar-refractivity contribution in [1.29, 1.82) is 5.26 Å². The van der Waals surface area contributed by atoms with E-state index in [-0.39, 0.29) is 11.3 Å². The molecule has 0 bridgehead atoms. The topological polar surface area (TPSA) is 88.9 Å². The number of rotatable bonds is 5. The first-order valence-corrected chi connectivity index (χ1v) is 12.1. The minimum atomic E-state index is -1.45. The maximum absolute atomic E-state index is 13.5. The number of likely N-dealkylation sites (tertiary alicyclic amines) is 1. The second-order valence-corrected chi connectivity index (χ2v) is 10.8. The Bertz CT molecular complexity index is 1090. The number of halogens is 1. The maximum Gasteiger partial charge on any atom is 0.410 e. The summed E-state index contributed by atoms with van der Waals surface area (Å²) in [5, 5.41) is 9.60. The van der Waals surface area contributed by atoms with Gasteiger partial charge in [-0.15, -0.1) is 0 Å². The lowest BCUT2D eigenvalue weighted by molar-refractivity contribution is 0.0218. The van der Waals surface area contributed by atoms with Crippen molar-refractivity contribution in [2.75, 3.05) is 20.2 Å². The van der Waals surface area contributed by atoms with E-state index in [0.29, 0.717) is 58.7 Å². The minimum absolute atomic E-state index is 0.186. The van der Waals surface area contributed by atoms with E-state index in [2.05, 4.69) is 6.07 Å². The van der Waals surface area contributed by atoms with Gasteiger partial charge in [0.15, 0.2) is 0 Å². The van der Waals surface area contributed by atoms with E-state index < -0.39 is 16.4 Å². The molecule has 1 aliphatic heterocycles. The summed E-state index contributed by atoms with van der Waals surface area (Å²) in [6.45, 7) is 6.37. The molecule has 1 heterocycles. The first kappa shape index (κ1) is 24.9. The first-order chi connectivity index (χ1) is 15.6. The number of carbonyl (C=O) groups is 1. The monoisotopic (exact) mass is 490 g/mol. The second kappa shape index (κ2) is 10.4. The molecule has 0 aromatic heterocycles. The molecule has 0 aliphatic carbocycles. The van der Waals surface area contributed by atoms with Gasteiger partial charge in [0.2, 0.25) is 0 Å². The number of nitriles is 1. The standard InChI is InChI=1S/C24H27ClN2O5S/c1-24(2,3)32-23(28)27-9-7-20(8-10-27)33(29)22-11-16(15-26)5-6-21(22)31-19-13-17(25)12-18(14-19)30-4/h5-6,11-14,20H,7-10H2,1-4H3. The Morgan fingerprint density at radius 3 is 2.42 bits per heavy atom. The molecule has 2 aromatic rings. The average Bonchev–Trinajstić information content (AvgIpc) is 2.77. The molecule has 1 amide bonds. The summed E-state index contributed by atoms with van der Waals surface area (Å²) in [7, 11) is 0.0833. The van der Waals surface area contributed by atoms with E-state index in [4.69, 9.17) is 25.8 Å². The lowest BCUT2D eigenvalue weighted by Gasteiger charge is -2.33. The number of methoxy groups -OCH3 is 1. The van der Waals surface area contributed by atoms with Gasteiger partial charge >= 0.3 is 6.09 Å². The molecule has 0 N–H and O–H groups in total. The number of amides is 1. The maximum atomic E-state index is 13.5. The van der Waals surface area contributed by atoms with Crippen molar-refractivity contribution in [2.45, 2.75) is 49.4 Å². The summed E-state index contributed by atoms with van der Waals surface area (Å²) in [5.41, 5.74) is -0.176. The Labute approximate surface area is 201 Å². The minimum Gasteiger partial charge on any atom is -0.497 e. The highest BCUT2D eigenvalue weighted by Gasteiger charge is 2.31. The van der Waals surface area contributed by atoms with E-state index in [0.717, 1.165) is 0 Å². The summed E-state index contributed by atoms with van der Waals surface area (Å²) >= 11 is 6.14. The fourth-order valence-corrected chi connectivity index (χ4v) is 5.18. The fraction of sp³-hybridized carbons (Fsp3) is 0.417.